The molecule has 58 heavy (non-hydrogen) atoms. The minimum absolute atomic E-state index is 0.437. The molecule has 0 saturated carbocycles. The van der Waals surface area contributed by atoms with Gasteiger partial charge in [0.05, 0.1) is 27.8 Å². The van der Waals surface area contributed by atoms with Crippen molar-refractivity contribution in [3.05, 3.63) is 78.4 Å². The Morgan fingerprint density at radius 3 is 1.86 bits per heavy atom. The third-order valence-electron chi connectivity index (χ3n) is 7.73. The zero-order valence-electron chi connectivity index (χ0n) is 28.1. The van der Waals surface area contributed by atoms with Crippen LogP contribution < -0.4 is 5.32 Å². The molecule has 0 atom stereocenters. The molecule has 5 rings (SSSR count). The summed E-state index contributed by atoms with van der Waals surface area (Å²) >= 11 is 0. The number of hydrogen-bond acceptors (Lipinski definition) is 17. The third-order valence-corrected chi connectivity index (χ3v) is 13.4. The molecule has 0 unspecified atom stereocenters. The summed E-state index contributed by atoms with van der Waals surface area (Å²) in [4.78, 5) is 8.59. The van der Waals surface area contributed by atoms with Gasteiger partial charge in [0.1, 0.15) is 26.1 Å². The van der Waals surface area contributed by atoms with Crippen molar-refractivity contribution >= 4 is 105 Å². The lowest BCUT2D eigenvalue weighted by Crippen LogP contribution is -2.17. The average Bonchev–Trinajstić information content (AvgIpc) is 3.08. The smallest absolute Gasteiger partial charge is 0.397 e. The van der Waals surface area contributed by atoms with E-state index in [4.69, 9.17) is 4.55 Å². The Bertz CT molecular complexity index is 3300. The Labute approximate surface area is 327 Å². The minimum Gasteiger partial charge on any atom is -0.505 e. The van der Waals surface area contributed by atoms with Gasteiger partial charge in [0.25, 0.3) is 46.4 Å². The zero-order chi connectivity index (χ0) is 43.4. The fourth-order valence-electron chi connectivity index (χ4n) is 5.36. The standard InChI is InChI=1S/C29H23N3O20S6/c33-27-25-16(12-18(54(37,38)39)14-22(25)30-29(34)15-3-1-4-17(11-15)53(35,36)10-9-52-58(49,50)51)13-24(56(43,44)45)26(27)32-31-21-8-7-19-20(28(21)57(46,47)48)5-2-6-23(19)55(40,41)42/h1-8,11-14,33H,9-10H2,(H,30,34)(H,37,38,39)(H,40,41,42)(H,43,44,45)(H,46,47,48)(H,49,50,51). The van der Waals surface area contributed by atoms with Crippen molar-refractivity contribution in [2.75, 3.05) is 17.7 Å². The normalized spacial score (nSPS) is 13.3. The van der Waals surface area contributed by atoms with Crippen molar-refractivity contribution in [2.24, 2.45) is 10.2 Å². The highest BCUT2D eigenvalue weighted by atomic mass is 32.3. The van der Waals surface area contributed by atoms with Gasteiger partial charge in [-0.15, -0.1) is 10.2 Å². The van der Waals surface area contributed by atoms with Crippen LogP contribution in [0.2, 0.25) is 0 Å². The van der Waals surface area contributed by atoms with Crippen LogP contribution in [0.1, 0.15) is 10.4 Å². The Balaban J connectivity index is 1.71. The molecular formula is C29H23N3O20S6. The summed E-state index contributed by atoms with van der Waals surface area (Å²) in [5, 5.41) is 18.4. The highest BCUT2D eigenvalue weighted by Gasteiger charge is 2.28. The van der Waals surface area contributed by atoms with Gasteiger partial charge < -0.3 is 10.4 Å². The summed E-state index contributed by atoms with van der Waals surface area (Å²) in [5.74, 6) is -3.57. The number of rotatable bonds is 13. The first-order valence-electron chi connectivity index (χ1n) is 15.0. The van der Waals surface area contributed by atoms with Gasteiger partial charge in [-0.1, -0.05) is 24.3 Å². The number of azo groups is 1. The third kappa shape index (κ3) is 9.62. The first kappa shape index (κ1) is 44.1. The van der Waals surface area contributed by atoms with E-state index in [-0.39, 0.29) is 0 Å². The molecule has 1 amide bonds. The summed E-state index contributed by atoms with van der Waals surface area (Å²) in [6.45, 7) is -1.02. The molecule has 7 N–H and O–H groups in total. The number of carbonyl (C=O) groups is 1. The molecule has 5 aromatic carbocycles. The first-order valence-corrected chi connectivity index (χ1v) is 23.7. The van der Waals surface area contributed by atoms with Crippen molar-refractivity contribution in [3.8, 4) is 5.75 Å². The van der Waals surface area contributed by atoms with Crippen LogP contribution in [0.15, 0.2) is 108 Å². The second-order valence-electron chi connectivity index (χ2n) is 11.6. The van der Waals surface area contributed by atoms with E-state index in [0.29, 0.717) is 18.2 Å². The van der Waals surface area contributed by atoms with Crippen LogP contribution in [0.4, 0.5) is 17.1 Å². The monoisotopic (exact) mass is 925 g/mol. The second kappa shape index (κ2) is 15.3. The quantitative estimate of drug-likeness (QED) is 0.0659. The topological polar surface area (TPSA) is 389 Å². The van der Waals surface area contributed by atoms with E-state index in [2.05, 4.69) is 19.7 Å². The number of nitrogens with one attached hydrogen (secondary N) is 1. The minimum atomic E-state index is -5.50. The molecule has 0 saturated heterocycles. The van der Waals surface area contributed by atoms with Crippen LogP contribution in [-0.2, 0) is 64.9 Å². The first-order chi connectivity index (χ1) is 26.5. The van der Waals surface area contributed by atoms with E-state index in [1.54, 1.807) is 0 Å². The molecule has 0 fully saturated rings. The molecule has 0 aromatic heterocycles. The summed E-state index contributed by atoms with van der Waals surface area (Å²) in [7, 11) is -30.4. The van der Waals surface area contributed by atoms with E-state index < -0.39 is 153 Å². The SMILES string of the molecule is O=C(Nc1cc(S(=O)(=O)O)cc2cc(S(=O)(=O)O)c(N=Nc3ccc4c(S(=O)(=O)O)cccc4c3S(=O)(=O)O)c(O)c12)c1cccc(S(=O)(=O)CCOS(=O)(=O)O)c1. The second-order valence-corrected chi connectivity index (χ2v) is 20.3. The fourth-order valence-corrected chi connectivity index (χ4v) is 9.63. The maximum atomic E-state index is 13.5. The average molecular weight is 926 g/mol. The molecule has 0 aliphatic heterocycles. The van der Waals surface area contributed by atoms with Gasteiger partial charge in [0, 0.05) is 21.7 Å². The number of anilines is 1. The fraction of sp³-hybridized carbons (Fsp3) is 0.0690. The number of benzene rings is 5. The van der Waals surface area contributed by atoms with Crippen LogP contribution in [0, 0.1) is 0 Å². The van der Waals surface area contributed by atoms with Crippen molar-refractivity contribution in [2.45, 2.75) is 24.5 Å². The molecule has 0 heterocycles. The number of aromatic hydroxyl groups is 1. The Hall–Kier alpha value is -5.05. The molecule has 0 radical (unpaired) electrons. The molecule has 0 aliphatic rings. The van der Waals surface area contributed by atoms with Gasteiger partial charge in [-0.05, 0) is 53.9 Å². The highest BCUT2D eigenvalue weighted by Crippen LogP contribution is 2.46. The van der Waals surface area contributed by atoms with Crippen LogP contribution in [0.3, 0.4) is 0 Å². The lowest BCUT2D eigenvalue weighted by molar-refractivity contribution is 0.102. The van der Waals surface area contributed by atoms with E-state index in [9.17, 15) is 78.6 Å². The van der Waals surface area contributed by atoms with Gasteiger partial charge >= 0.3 is 10.4 Å². The Kier molecular flexibility index (Phi) is 11.6. The number of phenolic OH excluding ortho intramolecular Hbond substituents is 1. The predicted molar refractivity (Wildman–Crippen MR) is 197 cm³/mol. The molecule has 23 nitrogen and oxygen atoms in total. The van der Waals surface area contributed by atoms with Crippen molar-refractivity contribution in [1.29, 1.82) is 0 Å². The molecule has 29 heteroatoms. The lowest BCUT2D eigenvalue weighted by Gasteiger charge is -2.15. The van der Waals surface area contributed by atoms with Gasteiger partial charge in [-0.25, -0.2) is 12.6 Å². The van der Waals surface area contributed by atoms with Crippen LogP contribution >= 0.6 is 0 Å². The van der Waals surface area contributed by atoms with Crippen molar-refractivity contribution in [1.82, 2.24) is 0 Å². The molecule has 310 valence electrons. The summed E-state index contributed by atoms with van der Waals surface area (Å²) < 4.78 is 198. The van der Waals surface area contributed by atoms with Gasteiger partial charge in [0.15, 0.2) is 15.6 Å². The summed E-state index contributed by atoms with van der Waals surface area (Å²) in [6, 6.07) is 10.1. The molecular weight excluding hydrogens is 903 g/mol. The number of nitrogens with zero attached hydrogens (tertiary/aromatic N) is 2. The van der Waals surface area contributed by atoms with Gasteiger partial charge in [-0.2, -0.15) is 42.1 Å². The Morgan fingerprint density at radius 2 is 1.28 bits per heavy atom. The number of phenols is 1. The van der Waals surface area contributed by atoms with Crippen LogP contribution in [-0.4, -0.2) is 96.6 Å². The van der Waals surface area contributed by atoms with Crippen LogP contribution in [0.5, 0.6) is 5.75 Å². The van der Waals surface area contributed by atoms with Gasteiger partial charge in [-0.3, -0.25) is 27.6 Å². The summed E-state index contributed by atoms with van der Waals surface area (Å²) in [5.41, 5.74) is -3.28. The van der Waals surface area contributed by atoms with E-state index in [1.807, 2.05) is 0 Å². The van der Waals surface area contributed by atoms with Crippen molar-refractivity contribution < 1.29 is 87.4 Å². The maximum absolute atomic E-state index is 13.5. The van der Waals surface area contributed by atoms with Crippen LogP contribution in [0.25, 0.3) is 21.5 Å². The Morgan fingerprint density at radius 1 is 0.638 bits per heavy atom. The largest absolute Gasteiger partial charge is 0.505 e. The molecule has 0 aliphatic carbocycles. The number of fused-ring (bicyclic) bond motifs is 2. The zero-order valence-corrected chi connectivity index (χ0v) is 33.0. The maximum Gasteiger partial charge on any atom is 0.397 e. The number of carbonyl (C=O) groups excluding carboxylic acids is 1. The lowest BCUT2D eigenvalue weighted by atomic mass is 10.1. The summed E-state index contributed by atoms with van der Waals surface area (Å²) in [6.07, 6.45) is 0. The molecule has 0 spiro atoms. The number of amides is 1. The molecule has 5 aromatic rings. The number of hydrogen-bond donors (Lipinski definition) is 7. The van der Waals surface area contributed by atoms with E-state index in [1.165, 1.54) is 0 Å². The van der Waals surface area contributed by atoms with E-state index in [0.717, 1.165) is 54.6 Å². The predicted octanol–water partition coefficient (Wildman–Crippen LogP) is 2.95. The van der Waals surface area contributed by atoms with E-state index >= 15 is 0 Å². The number of sulfone groups is 1. The van der Waals surface area contributed by atoms with Crippen molar-refractivity contribution in [3.63, 3.8) is 0 Å². The highest BCUT2D eigenvalue weighted by molar-refractivity contribution is 7.91. The molecule has 0 bridgehead atoms. The van der Waals surface area contributed by atoms with Gasteiger partial charge in [0.2, 0.25) is 0 Å².